The minimum atomic E-state index is -1.10. The van der Waals surface area contributed by atoms with E-state index in [2.05, 4.69) is 10.1 Å². The van der Waals surface area contributed by atoms with Gasteiger partial charge in [-0.05, 0) is 25.7 Å². The van der Waals surface area contributed by atoms with Crippen LogP contribution in [0.2, 0.25) is 0 Å². The summed E-state index contributed by atoms with van der Waals surface area (Å²) in [5.41, 5.74) is -1.10. The van der Waals surface area contributed by atoms with Gasteiger partial charge in [-0.3, -0.25) is 4.79 Å². The number of carboxylic acids is 1. The van der Waals surface area contributed by atoms with Crippen LogP contribution in [0.3, 0.4) is 0 Å². The first-order valence-electron chi connectivity index (χ1n) is 7.87. The second-order valence-corrected chi connectivity index (χ2v) is 6.17. The molecule has 1 saturated heterocycles. The van der Waals surface area contributed by atoms with E-state index in [0.29, 0.717) is 38.8 Å². The van der Waals surface area contributed by atoms with Gasteiger partial charge in [0.25, 0.3) is 0 Å². The van der Waals surface area contributed by atoms with Gasteiger partial charge >= 0.3 is 12.1 Å². The van der Waals surface area contributed by atoms with Crippen molar-refractivity contribution in [3.05, 3.63) is 0 Å². The molecular weight excluding hydrogens is 288 g/mol. The fraction of sp³-hybridized carbons (Fsp3) is 0.800. The van der Waals surface area contributed by atoms with Crippen LogP contribution < -0.4 is 5.32 Å². The molecule has 124 valence electrons. The van der Waals surface area contributed by atoms with Gasteiger partial charge < -0.3 is 20.1 Å². The molecule has 1 heterocycles. The van der Waals surface area contributed by atoms with E-state index in [0.717, 1.165) is 19.3 Å². The molecule has 2 rings (SSSR count). The monoisotopic (exact) mass is 312 g/mol. The third-order valence-corrected chi connectivity index (χ3v) is 4.78. The van der Waals surface area contributed by atoms with Crippen LogP contribution in [0.4, 0.5) is 4.79 Å². The van der Waals surface area contributed by atoms with Gasteiger partial charge in [0.15, 0.2) is 0 Å². The minimum absolute atomic E-state index is 0.200. The van der Waals surface area contributed by atoms with Crippen molar-refractivity contribution >= 4 is 18.0 Å². The summed E-state index contributed by atoms with van der Waals surface area (Å²) in [5.74, 6) is -1.37. The first-order chi connectivity index (χ1) is 10.5. The van der Waals surface area contributed by atoms with Gasteiger partial charge in [-0.2, -0.15) is 0 Å². The number of amides is 2. The molecule has 2 N–H and O–H groups in total. The maximum Gasteiger partial charge on any atom is 0.409 e. The predicted octanol–water partition coefficient (Wildman–Crippen LogP) is 1.37. The number of piperidine rings is 1. The highest BCUT2D eigenvalue weighted by molar-refractivity contribution is 5.88. The molecule has 1 aliphatic carbocycles. The summed E-state index contributed by atoms with van der Waals surface area (Å²) in [4.78, 5) is 37.0. The number of nitrogens with one attached hydrogen (secondary N) is 1. The summed E-state index contributed by atoms with van der Waals surface area (Å²) in [6.07, 6.45) is 4.36. The van der Waals surface area contributed by atoms with Crippen LogP contribution in [-0.4, -0.2) is 53.7 Å². The molecule has 2 fully saturated rings. The lowest BCUT2D eigenvalue weighted by atomic mass is 9.81. The summed E-state index contributed by atoms with van der Waals surface area (Å²) < 4.78 is 4.66. The summed E-state index contributed by atoms with van der Waals surface area (Å²) in [7, 11) is 1.33. The number of carbonyl (C=O) groups is 3. The number of carbonyl (C=O) groups excluding carboxylic acids is 2. The summed E-state index contributed by atoms with van der Waals surface area (Å²) in [6, 6.07) is 0. The quantitative estimate of drug-likeness (QED) is 0.820. The Morgan fingerprint density at radius 2 is 1.73 bits per heavy atom. The van der Waals surface area contributed by atoms with Crippen molar-refractivity contribution in [2.75, 3.05) is 20.2 Å². The number of nitrogens with zero attached hydrogens (tertiary/aromatic N) is 1. The van der Waals surface area contributed by atoms with E-state index >= 15 is 0 Å². The van der Waals surface area contributed by atoms with E-state index in [1.807, 2.05) is 0 Å². The molecule has 0 aromatic heterocycles. The highest BCUT2D eigenvalue weighted by atomic mass is 16.5. The number of aliphatic carboxylic acids is 1. The van der Waals surface area contributed by atoms with Gasteiger partial charge in [-0.25, -0.2) is 9.59 Å². The lowest BCUT2D eigenvalue weighted by molar-refractivity contribution is -0.150. The fourth-order valence-electron chi connectivity index (χ4n) is 3.34. The zero-order valence-electron chi connectivity index (χ0n) is 13.0. The van der Waals surface area contributed by atoms with Gasteiger partial charge in [0.2, 0.25) is 5.91 Å². The molecule has 0 bridgehead atoms. The molecule has 22 heavy (non-hydrogen) atoms. The Kier molecular flexibility index (Phi) is 5.26. The molecular formula is C15H24N2O5. The zero-order valence-corrected chi connectivity index (χ0v) is 13.0. The third kappa shape index (κ3) is 3.51. The normalized spacial score (nSPS) is 22.0. The molecule has 7 heteroatoms. The Morgan fingerprint density at radius 1 is 1.14 bits per heavy atom. The second kappa shape index (κ2) is 6.98. The van der Waals surface area contributed by atoms with E-state index in [1.54, 1.807) is 4.90 Å². The van der Waals surface area contributed by atoms with E-state index < -0.39 is 11.5 Å². The minimum Gasteiger partial charge on any atom is -0.480 e. The molecule has 0 aromatic carbocycles. The molecule has 0 unspecified atom stereocenters. The zero-order chi connectivity index (χ0) is 16.2. The van der Waals surface area contributed by atoms with Crippen LogP contribution in [0, 0.1) is 5.92 Å². The molecule has 1 aliphatic heterocycles. The van der Waals surface area contributed by atoms with Gasteiger partial charge in [0.05, 0.1) is 7.11 Å². The maximum absolute atomic E-state index is 12.4. The Bertz CT molecular complexity index is 437. The summed E-state index contributed by atoms with van der Waals surface area (Å²) in [6.45, 7) is 0.926. The van der Waals surface area contributed by atoms with Crippen LogP contribution in [0.1, 0.15) is 44.9 Å². The number of carboxylic acid groups (broad SMARTS) is 1. The maximum atomic E-state index is 12.4. The van der Waals surface area contributed by atoms with Crippen molar-refractivity contribution in [3.8, 4) is 0 Å². The average Bonchev–Trinajstić information content (AvgIpc) is 2.55. The van der Waals surface area contributed by atoms with Crippen molar-refractivity contribution in [2.45, 2.75) is 50.5 Å². The topological polar surface area (TPSA) is 95.9 Å². The van der Waals surface area contributed by atoms with E-state index in [1.165, 1.54) is 7.11 Å². The molecule has 0 spiro atoms. The third-order valence-electron chi connectivity index (χ3n) is 4.78. The van der Waals surface area contributed by atoms with Crippen LogP contribution in [0.5, 0.6) is 0 Å². The second-order valence-electron chi connectivity index (χ2n) is 6.17. The van der Waals surface area contributed by atoms with Gasteiger partial charge in [0.1, 0.15) is 5.54 Å². The van der Waals surface area contributed by atoms with Gasteiger partial charge in [-0.1, -0.05) is 19.3 Å². The first kappa shape index (κ1) is 16.6. The molecule has 0 radical (unpaired) electrons. The van der Waals surface area contributed by atoms with Crippen molar-refractivity contribution < 1.29 is 24.2 Å². The van der Waals surface area contributed by atoms with Crippen LogP contribution >= 0.6 is 0 Å². The van der Waals surface area contributed by atoms with Crippen molar-refractivity contribution in [1.82, 2.24) is 10.2 Å². The Hall–Kier alpha value is -1.79. The smallest absolute Gasteiger partial charge is 0.409 e. The number of likely N-dealkylation sites (tertiary alicyclic amines) is 1. The lowest BCUT2D eigenvalue weighted by Gasteiger charge is -2.36. The number of hydrogen-bond acceptors (Lipinski definition) is 4. The first-order valence-corrected chi connectivity index (χ1v) is 7.87. The molecule has 2 aliphatic rings. The molecule has 1 saturated carbocycles. The predicted molar refractivity (Wildman–Crippen MR) is 78.3 cm³/mol. The Balaban J connectivity index is 1.92. The average molecular weight is 312 g/mol. The highest BCUT2D eigenvalue weighted by Crippen LogP contribution is 2.29. The number of methoxy groups -OCH3 is 1. The molecule has 0 aromatic rings. The van der Waals surface area contributed by atoms with E-state index in [9.17, 15) is 19.5 Å². The lowest BCUT2D eigenvalue weighted by Crippen LogP contribution is -2.57. The SMILES string of the molecule is COC(=O)N1CCC(C(=O)NC2(C(=O)O)CCCCC2)CC1. The Labute approximate surface area is 130 Å². The molecule has 7 nitrogen and oxygen atoms in total. The van der Waals surface area contributed by atoms with Crippen molar-refractivity contribution in [1.29, 1.82) is 0 Å². The van der Waals surface area contributed by atoms with Crippen LogP contribution in [0.15, 0.2) is 0 Å². The standard InChI is InChI=1S/C15H24N2O5/c1-22-14(21)17-9-5-11(6-10-17)12(18)16-15(13(19)20)7-3-2-4-8-15/h11H,2-10H2,1H3,(H,16,18)(H,19,20). The summed E-state index contributed by atoms with van der Waals surface area (Å²) in [5, 5.41) is 12.3. The highest BCUT2D eigenvalue weighted by Gasteiger charge is 2.42. The Morgan fingerprint density at radius 3 is 2.23 bits per heavy atom. The van der Waals surface area contributed by atoms with Gasteiger partial charge in [-0.15, -0.1) is 0 Å². The van der Waals surface area contributed by atoms with Crippen LogP contribution in [-0.2, 0) is 14.3 Å². The van der Waals surface area contributed by atoms with E-state index in [4.69, 9.17) is 0 Å². The van der Waals surface area contributed by atoms with Crippen molar-refractivity contribution in [2.24, 2.45) is 5.92 Å². The summed E-state index contributed by atoms with van der Waals surface area (Å²) >= 11 is 0. The number of ether oxygens (including phenoxy) is 1. The number of rotatable bonds is 3. The van der Waals surface area contributed by atoms with Gasteiger partial charge in [0, 0.05) is 19.0 Å². The number of hydrogen-bond donors (Lipinski definition) is 2. The van der Waals surface area contributed by atoms with Crippen LogP contribution in [0.25, 0.3) is 0 Å². The molecule has 2 amide bonds. The van der Waals surface area contributed by atoms with Crippen molar-refractivity contribution in [3.63, 3.8) is 0 Å². The van der Waals surface area contributed by atoms with E-state index in [-0.39, 0.29) is 17.9 Å². The fourth-order valence-corrected chi connectivity index (χ4v) is 3.34. The largest absolute Gasteiger partial charge is 0.480 e. The molecule has 0 atom stereocenters.